The largest absolute Gasteiger partial charge is 0.486 e. The lowest BCUT2D eigenvalue weighted by molar-refractivity contribution is 0.0670. The van der Waals surface area contributed by atoms with Gasteiger partial charge in [-0.05, 0) is 42.2 Å². The Kier molecular flexibility index (Phi) is 6.03. The fourth-order valence-corrected chi connectivity index (χ4v) is 6.05. The molecule has 34 heavy (non-hydrogen) atoms. The first kappa shape index (κ1) is 22.5. The number of hydrogen-bond donors (Lipinski definition) is 0. The molecule has 0 N–H and O–H groups in total. The molecule has 2 aliphatic rings. The van der Waals surface area contributed by atoms with Crippen LogP contribution < -0.4 is 9.47 Å². The third-order valence-electron chi connectivity index (χ3n) is 6.25. The van der Waals surface area contributed by atoms with Crippen LogP contribution in [-0.4, -0.2) is 55.1 Å². The van der Waals surface area contributed by atoms with Gasteiger partial charge < -0.3 is 18.9 Å². The third-order valence-corrected chi connectivity index (χ3v) is 8.00. The Morgan fingerprint density at radius 3 is 2.47 bits per heavy atom. The molecule has 0 unspecified atom stereocenters. The average molecular weight is 483 g/mol. The number of aromatic nitrogens is 1. The van der Waals surface area contributed by atoms with Gasteiger partial charge in [0.25, 0.3) is 5.91 Å². The van der Waals surface area contributed by atoms with Crippen LogP contribution in [0.25, 0.3) is 11.3 Å². The number of carbonyl (C=O) groups is 1. The van der Waals surface area contributed by atoms with Gasteiger partial charge in [-0.2, -0.15) is 0 Å². The molecule has 1 aromatic heterocycles. The van der Waals surface area contributed by atoms with Crippen LogP contribution in [0.3, 0.4) is 0 Å². The summed E-state index contributed by atoms with van der Waals surface area (Å²) < 4.78 is 41.0. The number of hydrogen-bond acceptors (Lipinski definition) is 7. The van der Waals surface area contributed by atoms with Crippen molar-refractivity contribution in [1.29, 1.82) is 0 Å². The van der Waals surface area contributed by atoms with Crippen molar-refractivity contribution in [3.8, 4) is 22.8 Å². The van der Waals surface area contributed by atoms with E-state index < -0.39 is 15.9 Å². The Hall–Kier alpha value is -3.33. The minimum atomic E-state index is -3.17. The molecule has 9 heteroatoms. The second kappa shape index (κ2) is 9.13. The van der Waals surface area contributed by atoms with Crippen molar-refractivity contribution in [2.24, 2.45) is 0 Å². The van der Waals surface area contributed by atoms with Gasteiger partial charge in [0.1, 0.15) is 13.2 Å². The second-order valence-electron chi connectivity index (χ2n) is 8.59. The van der Waals surface area contributed by atoms with Crippen molar-refractivity contribution in [3.05, 3.63) is 65.4 Å². The van der Waals surface area contributed by atoms with Gasteiger partial charge in [-0.3, -0.25) is 4.79 Å². The van der Waals surface area contributed by atoms with E-state index in [1.165, 1.54) is 5.56 Å². The highest BCUT2D eigenvalue weighted by Gasteiger charge is 2.36. The first-order valence-corrected chi connectivity index (χ1v) is 13.2. The smallest absolute Gasteiger partial charge is 0.276 e. The summed E-state index contributed by atoms with van der Waals surface area (Å²) in [5.74, 6) is 1.38. The molecule has 1 atom stereocenters. The summed E-state index contributed by atoms with van der Waals surface area (Å²) in [6, 6.07) is 14.6. The maximum atomic E-state index is 13.5. The molecule has 178 valence electrons. The van der Waals surface area contributed by atoms with Gasteiger partial charge in [0.05, 0.1) is 11.5 Å². The fourth-order valence-electron chi connectivity index (χ4n) is 4.32. The first-order valence-electron chi connectivity index (χ1n) is 11.4. The van der Waals surface area contributed by atoms with E-state index in [1.807, 2.05) is 30.3 Å². The van der Waals surface area contributed by atoms with Crippen molar-refractivity contribution in [2.75, 3.05) is 24.7 Å². The molecule has 0 bridgehead atoms. The summed E-state index contributed by atoms with van der Waals surface area (Å²) in [6.45, 7) is 3.35. The van der Waals surface area contributed by atoms with E-state index in [0.717, 1.165) is 12.0 Å². The van der Waals surface area contributed by atoms with Gasteiger partial charge >= 0.3 is 0 Å². The van der Waals surface area contributed by atoms with Crippen LogP contribution in [0.5, 0.6) is 11.5 Å². The van der Waals surface area contributed by atoms with Crippen LogP contribution >= 0.6 is 0 Å². The van der Waals surface area contributed by atoms with Crippen LogP contribution in [0.1, 0.15) is 35.0 Å². The van der Waals surface area contributed by atoms with Crippen molar-refractivity contribution in [3.63, 3.8) is 0 Å². The van der Waals surface area contributed by atoms with Gasteiger partial charge in [0.15, 0.2) is 32.8 Å². The van der Waals surface area contributed by atoms with Crippen LogP contribution in [0.4, 0.5) is 0 Å². The fraction of sp³-hybridized carbons (Fsp3) is 0.360. The van der Waals surface area contributed by atoms with Crippen LogP contribution in [0, 0.1) is 0 Å². The molecule has 2 aliphatic heterocycles. The maximum absolute atomic E-state index is 13.5. The average Bonchev–Trinajstić information content (AvgIpc) is 3.49. The molecule has 2 aromatic carbocycles. The number of rotatable bonds is 6. The monoisotopic (exact) mass is 482 g/mol. The number of amides is 1. The van der Waals surface area contributed by atoms with Gasteiger partial charge in [0, 0.05) is 24.2 Å². The summed E-state index contributed by atoms with van der Waals surface area (Å²) >= 11 is 0. The maximum Gasteiger partial charge on any atom is 0.276 e. The van der Waals surface area contributed by atoms with Crippen molar-refractivity contribution in [2.45, 2.75) is 32.4 Å². The Morgan fingerprint density at radius 1 is 1.03 bits per heavy atom. The highest BCUT2D eigenvalue weighted by atomic mass is 32.2. The van der Waals surface area contributed by atoms with Gasteiger partial charge in [-0.1, -0.05) is 36.3 Å². The Balaban J connectivity index is 1.41. The molecule has 1 saturated heterocycles. The van der Waals surface area contributed by atoms with E-state index in [4.69, 9.17) is 14.0 Å². The highest BCUT2D eigenvalue weighted by molar-refractivity contribution is 7.91. The molecular formula is C25H26N2O6S. The highest BCUT2D eigenvalue weighted by Crippen LogP contribution is 2.35. The lowest BCUT2D eigenvalue weighted by Crippen LogP contribution is -2.40. The molecule has 0 aliphatic carbocycles. The van der Waals surface area contributed by atoms with Crippen molar-refractivity contribution >= 4 is 15.7 Å². The van der Waals surface area contributed by atoms with E-state index in [2.05, 4.69) is 12.1 Å². The van der Waals surface area contributed by atoms with Crippen molar-refractivity contribution < 1.29 is 27.2 Å². The van der Waals surface area contributed by atoms with E-state index in [-0.39, 0.29) is 23.1 Å². The molecule has 0 radical (unpaired) electrons. The number of carbonyl (C=O) groups excluding carboxylic acids is 1. The lowest BCUT2D eigenvalue weighted by atomic mass is 10.1. The zero-order chi connectivity index (χ0) is 23.7. The summed E-state index contributed by atoms with van der Waals surface area (Å²) in [4.78, 5) is 15.1. The topological polar surface area (TPSA) is 98.9 Å². The Labute approximate surface area is 198 Å². The predicted octanol–water partition coefficient (Wildman–Crippen LogP) is 3.50. The number of nitrogens with zero attached hydrogens (tertiary/aromatic N) is 2. The summed E-state index contributed by atoms with van der Waals surface area (Å²) in [6.07, 6.45) is 1.33. The molecule has 8 nitrogen and oxygen atoms in total. The molecule has 3 aromatic rings. The summed E-state index contributed by atoms with van der Waals surface area (Å²) in [5.41, 5.74) is 2.98. The number of fused-ring (bicyclic) bond motifs is 1. The number of sulfone groups is 1. The zero-order valence-electron chi connectivity index (χ0n) is 18.9. The number of ether oxygens (including phenoxy) is 2. The van der Waals surface area contributed by atoms with Crippen LogP contribution in [0.2, 0.25) is 0 Å². The number of benzene rings is 2. The lowest BCUT2D eigenvalue weighted by Gasteiger charge is -2.27. The molecule has 3 heterocycles. The van der Waals surface area contributed by atoms with Crippen molar-refractivity contribution in [1.82, 2.24) is 10.1 Å². The van der Waals surface area contributed by atoms with E-state index in [1.54, 1.807) is 23.1 Å². The zero-order valence-corrected chi connectivity index (χ0v) is 19.7. The molecule has 5 rings (SSSR count). The standard InChI is InChI=1S/C25H26N2O6S/c1-2-17-3-5-18(6-4-17)15-27(20-9-12-34(29,30)16-20)25(28)21-14-23(33-26-21)19-7-8-22-24(13-19)32-11-10-31-22/h3-8,13-14,20H,2,9-12,15-16H2,1H3/t20-/m0/s1. The minimum Gasteiger partial charge on any atom is -0.486 e. The Bertz CT molecular complexity index is 1300. The van der Waals surface area contributed by atoms with Gasteiger partial charge in [-0.25, -0.2) is 8.42 Å². The summed E-state index contributed by atoms with van der Waals surface area (Å²) in [7, 11) is -3.17. The van der Waals surface area contributed by atoms with E-state index >= 15 is 0 Å². The number of aryl methyl sites for hydroxylation is 1. The molecule has 0 saturated carbocycles. The molecule has 1 amide bonds. The summed E-state index contributed by atoms with van der Waals surface area (Å²) in [5, 5.41) is 4.01. The Morgan fingerprint density at radius 2 is 1.76 bits per heavy atom. The molecule has 0 spiro atoms. The van der Waals surface area contributed by atoms with E-state index in [0.29, 0.717) is 49.0 Å². The minimum absolute atomic E-state index is 0.0430. The predicted molar refractivity (Wildman–Crippen MR) is 126 cm³/mol. The SMILES string of the molecule is CCc1ccc(CN(C(=O)c2cc(-c3ccc4c(c3)OCCO4)on2)[C@H]2CCS(=O)(=O)C2)cc1. The van der Waals surface area contributed by atoms with Crippen LogP contribution in [-0.2, 0) is 22.8 Å². The van der Waals surface area contributed by atoms with Gasteiger partial charge in [-0.15, -0.1) is 0 Å². The quantitative estimate of drug-likeness (QED) is 0.530. The normalized spacial score (nSPS) is 18.6. The third kappa shape index (κ3) is 4.65. The second-order valence-corrected chi connectivity index (χ2v) is 10.8. The van der Waals surface area contributed by atoms with E-state index in [9.17, 15) is 13.2 Å². The van der Waals surface area contributed by atoms with Gasteiger partial charge in [0.2, 0.25) is 0 Å². The molecule has 1 fully saturated rings. The van der Waals surface area contributed by atoms with Crippen LogP contribution in [0.15, 0.2) is 53.1 Å². The first-order chi connectivity index (χ1) is 16.4. The molecular weight excluding hydrogens is 456 g/mol.